The van der Waals surface area contributed by atoms with Gasteiger partial charge in [0.05, 0.1) is 0 Å². The maximum atomic E-state index is 6.13. The second kappa shape index (κ2) is 5.89. The van der Waals surface area contributed by atoms with Crippen molar-refractivity contribution in [1.82, 2.24) is 0 Å². The molecule has 100 valence electrons. The van der Waals surface area contributed by atoms with Crippen LogP contribution >= 0.6 is 0 Å². The molecule has 2 rings (SSSR count). The molecule has 1 unspecified atom stereocenters. The smallest absolute Gasteiger partial charge is 0.136 e. The summed E-state index contributed by atoms with van der Waals surface area (Å²) in [6.07, 6.45) is -0.0969. The molecule has 0 amide bonds. The van der Waals surface area contributed by atoms with Gasteiger partial charge in [-0.2, -0.15) is 0 Å². The second-order valence-electron chi connectivity index (χ2n) is 4.97. The summed E-state index contributed by atoms with van der Waals surface area (Å²) < 4.78 is 6.13. The Morgan fingerprint density at radius 3 is 2.05 bits per heavy atom. The van der Waals surface area contributed by atoms with E-state index in [0.29, 0.717) is 6.54 Å². The van der Waals surface area contributed by atoms with Crippen LogP contribution in [0.15, 0.2) is 42.5 Å². The fourth-order valence-electron chi connectivity index (χ4n) is 2.16. The molecule has 0 aliphatic rings. The minimum absolute atomic E-state index is 0.0969. The van der Waals surface area contributed by atoms with Gasteiger partial charge in [-0.3, -0.25) is 0 Å². The van der Waals surface area contributed by atoms with Crippen LogP contribution in [0.4, 0.5) is 0 Å². The van der Waals surface area contributed by atoms with Gasteiger partial charge < -0.3 is 10.5 Å². The summed E-state index contributed by atoms with van der Waals surface area (Å²) in [5.41, 5.74) is 10.5. The lowest BCUT2D eigenvalue weighted by Gasteiger charge is -2.21. The van der Waals surface area contributed by atoms with E-state index in [9.17, 15) is 0 Å². The summed E-state index contributed by atoms with van der Waals surface area (Å²) in [6, 6.07) is 14.5. The maximum absolute atomic E-state index is 6.13. The highest BCUT2D eigenvalue weighted by atomic mass is 16.5. The first kappa shape index (κ1) is 13.6. The van der Waals surface area contributed by atoms with Crippen molar-refractivity contribution in [3.8, 4) is 5.75 Å². The van der Waals surface area contributed by atoms with E-state index in [2.05, 4.69) is 57.2 Å². The van der Waals surface area contributed by atoms with Crippen molar-refractivity contribution in [2.24, 2.45) is 5.73 Å². The first-order chi connectivity index (χ1) is 9.11. The van der Waals surface area contributed by atoms with Gasteiger partial charge in [0.2, 0.25) is 0 Å². The minimum atomic E-state index is -0.0969. The van der Waals surface area contributed by atoms with Gasteiger partial charge in [-0.1, -0.05) is 48.0 Å². The van der Waals surface area contributed by atoms with E-state index >= 15 is 0 Å². The van der Waals surface area contributed by atoms with Crippen molar-refractivity contribution >= 4 is 0 Å². The van der Waals surface area contributed by atoms with Crippen LogP contribution in [0.25, 0.3) is 0 Å². The molecule has 0 aromatic heterocycles. The van der Waals surface area contributed by atoms with E-state index < -0.39 is 0 Å². The molecule has 0 saturated carbocycles. The van der Waals surface area contributed by atoms with Crippen molar-refractivity contribution < 1.29 is 4.74 Å². The molecule has 1 atom stereocenters. The molecule has 0 radical (unpaired) electrons. The highest BCUT2D eigenvalue weighted by Crippen LogP contribution is 2.28. The van der Waals surface area contributed by atoms with Gasteiger partial charge in [0, 0.05) is 6.54 Å². The lowest BCUT2D eigenvalue weighted by atomic mass is 10.1. The van der Waals surface area contributed by atoms with Crippen LogP contribution in [0, 0.1) is 20.8 Å². The fourth-order valence-corrected chi connectivity index (χ4v) is 2.16. The van der Waals surface area contributed by atoms with Gasteiger partial charge in [-0.25, -0.2) is 0 Å². The molecule has 0 aliphatic heterocycles. The predicted octanol–water partition coefficient (Wildman–Crippen LogP) is 3.69. The fraction of sp³-hybridized carbons (Fsp3) is 0.294. The number of nitrogens with two attached hydrogens (primary N) is 1. The summed E-state index contributed by atoms with van der Waals surface area (Å²) in [5.74, 6) is 0.943. The Bertz CT molecular complexity index is 525. The number of ether oxygens (including phenoxy) is 1. The zero-order valence-corrected chi connectivity index (χ0v) is 11.8. The van der Waals surface area contributed by atoms with Gasteiger partial charge in [-0.05, 0) is 37.5 Å². The molecule has 2 N–H and O–H groups in total. The molecule has 0 fully saturated rings. The van der Waals surface area contributed by atoms with Crippen LogP contribution in [0.2, 0.25) is 0 Å². The third-order valence-corrected chi connectivity index (χ3v) is 3.33. The number of rotatable bonds is 4. The van der Waals surface area contributed by atoms with Crippen LogP contribution in [0.3, 0.4) is 0 Å². The molecule has 0 saturated heterocycles. The summed E-state index contributed by atoms with van der Waals surface area (Å²) >= 11 is 0. The van der Waals surface area contributed by atoms with Crippen LogP contribution < -0.4 is 10.5 Å². The highest BCUT2D eigenvalue weighted by Gasteiger charge is 2.14. The summed E-state index contributed by atoms with van der Waals surface area (Å²) in [4.78, 5) is 0. The maximum Gasteiger partial charge on any atom is 0.136 e. The Balaban J connectivity index is 2.26. The van der Waals surface area contributed by atoms with Crippen molar-refractivity contribution in [3.63, 3.8) is 0 Å². The molecule has 2 aromatic carbocycles. The van der Waals surface area contributed by atoms with Crippen LogP contribution in [-0.2, 0) is 0 Å². The lowest BCUT2D eigenvalue weighted by Crippen LogP contribution is -2.19. The summed E-state index contributed by atoms with van der Waals surface area (Å²) in [6.45, 7) is 6.67. The molecule has 2 nitrogen and oxygen atoms in total. The topological polar surface area (TPSA) is 35.2 Å². The molecule has 0 bridgehead atoms. The lowest BCUT2D eigenvalue weighted by molar-refractivity contribution is 0.211. The third kappa shape index (κ3) is 3.15. The Morgan fingerprint density at radius 1 is 0.947 bits per heavy atom. The first-order valence-electron chi connectivity index (χ1n) is 6.61. The largest absolute Gasteiger partial charge is 0.484 e. The molecule has 0 heterocycles. The quantitative estimate of drug-likeness (QED) is 0.904. The van der Waals surface area contributed by atoms with Crippen molar-refractivity contribution in [2.75, 3.05) is 6.54 Å². The van der Waals surface area contributed by atoms with Crippen molar-refractivity contribution in [1.29, 1.82) is 0 Å². The molecule has 2 heteroatoms. The molecular formula is C17H21NO. The molecule has 0 spiro atoms. The Labute approximate surface area is 115 Å². The molecule has 2 aromatic rings. The van der Waals surface area contributed by atoms with Gasteiger partial charge in [-0.15, -0.1) is 0 Å². The normalized spacial score (nSPS) is 12.2. The van der Waals surface area contributed by atoms with Gasteiger partial charge >= 0.3 is 0 Å². The number of aryl methyl sites for hydroxylation is 3. The summed E-state index contributed by atoms with van der Waals surface area (Å²) in [5, 5.41) is 0. The average Bonchev–Trinajstić information content (AvgIpc) is 2.40. The van der Waals surface area contributed by atoms with Crippen molar-refractivity contribution in [2.45, 2.75) is 26.9 Å². The Kier molecular flexibility index (Phi) is 4.23. The van der Waals surface area contributed by atoms with Crippen molar-refractivity contribution in [3.05, 3.63) is 64.7 Å². The van der Waals surface area contributed by atoms with E-state index in [1.165, 1.54) is 5.56 Å². The number of para-hydroxylation sites is 1. The van der Waals surface area contributed by atoms with E-state index in [-0.39, 0.29) is 6.10 Å². The number of hydrogen-bond acceptors (Lipinski definition) is 2. The zero-order valence-electron chi connectivity index (χ0n) is 11.8. The Hall–Kier alpha value is -1.80. The van der Waals surface area contributed by atoms with Crippen LogP contribution in [0.1, 0.15) is 28.4 Å². The first-order valence-corrected chi connectivity index (χ1v) is 6.61. The SMILES string of the molecule is Cc1ccc(C(CN)Oc2c(C)cccc2C)cc1. The predicted molar refractivity (Wildman–Crippen MR) is 79.5 cm³/mol. The highest BCUT2D eigenvalue weighted by molar-refractivity contribution is 5.40. The molecule has 19 heavy (non-hydrogen) atoms. The van der Waals surface area contributed by atoms with Gasteiger partial charge in [0.15, 0.2) is 0 Å². The van der Waals surface area contributed by atoms with E-state index in [0.717, 1.165) is 22.4 Å². The Morgan fingerprint density at radius 2 is 1.53 bits per heavy atom. The molecular weight excluding hydrogens is 234 g/mol. The third-order valence-electron chi connectivity index (χ3n) is 3.33. The number of benzene rings is 2. The minimum Gasteiger partial charge on any atom is -0.484 e. The average molecular weight is 255 g/mol. The van der Waals surface area contributed by atoms with Crippen LogP contribution in [-0.4, -0.2) is 6.54 Å². The van der Waals surface area contributed by atoms with E-state index in [1.54, 1.807) is 0 Å². The number of hydrogen-bond donors (Lipinski definition) is 1. The monoisotopic (exact) mass is 255 g/mol. The van der Waals surface area contributed by atoms with E-state index in [4.69, 9.17) is 10.5 Å². The van der Waals surface area contributed by atoms with Gasteiger partial charge in [0.1, 0.15) is 11.9 Å². The van der Waals surface area contributed by atoms with Crippen LogP contribution in [0.5, 0.6) is 5.75 Å². The van der Waals surface area contributed by atoms with E-state index in [1.807, 2.05) is 6.07 Å². The second-order valence-corrected chi connectivity index (χ2v) is 4.97. The standard InChI is InChI=1S/C17H21NO/c1-12-7-9-15(10-8-12)16(11-18)19-17-13(2)5-4-6-14(17)3/h4-10,16H,11,18H2,1-3H3. The molecule has 0 aliphatic carbocycles. The zero-order chi connectivity index (χ0) is 13.8. The van der Waals surface area contributed by atoms with Gasteiger partial charge in [0.25, 0.3) is 0 Å². The summed E-state index contributed by atoms with van der Waals surface area (Å²) in [7, 11) is 0.